The van der Waals surface area contributed by atoms with Crippen LogP contribution in [0.2, 0.25) is 0 Å². The van der Waals surface area contributed by atoms with Gasteiger partial charge in [0.05, 0.1) is 17.2 Å². The number of aryl methyl sites for hydroxylation is 1. The van der Waals surface area contributed by atoms with Gasteiger partial charge in [0.25, 0.3) is 0 Å². The molecule has 7 heteroatoms. The molecule has 3 heterocycles. The van der Waals surface area contributed by atoms with Crippen molar-refractivity contribution in [2.24, 2.45) is 5.41 Å². The summed E-state index contributed by atoms with van der Waals surface area (Å²) in [5, 5.41) is 4.48. The second-order valence-corrected chi connectivity index (χ2v) is 11.9. The van der Waals surface area contributed by atoms with Crippen LogP contribution >= 0.6 is 11.3 Å². The number of hydrogen-bond acceptors (Lipinski definition) is 6. The lowest BCUT2D eigenvalue weighted by molar-refractivity contribution is 0.226. The lowest BCUT2D eigenvalue weighted by atomic mass is 9.73. The molecule has 1 N–H and O–H groups in total. The van der Waals surface area contributed by atoms with Gasteiger partial charge < -0.3 is 5.32 Å². The van der Waals surface area contributed by atoms with E-state index in [4.69, 9.17) is 0 Å². The zero-order chi connectivity index (χ0) is 18.5. The molecule has 0 aromatic carbocycles. The van der Waals surface area contributed by atoms with Crippen molar-refractivity contribution >= 4 is 31.4 Å². The van der Waals surface area contributed by atoms with Gasteiger partial charge in [0.15, 0.2) is 9.84 Å². The average Bonchev–Trinajstić information content (AvgIpc) is 2.94. The number of nitrogens with one attached hydrogen (secondary N) is 1. The highest BCUT2D eigenvalue weighted by Crippen LogP contribution is 2.45. The summed E-state index contributed by atoms with van der Waals surface area (Å²) in [7, 11) is -2.80. The van der Waals surface area contributed by atoms with Crippen molar-refractivity contribution in [3.8, 4) is 0 Å². The van der Waals surface area contributed by atoms with E-state index in [1.54, 1.807) is 0 Å². The summed E-state index contributed by atoms with van der Waals surface area (Å²) in [4.78, 5) is 11.8. The third-order valence-electron chi connectivity index (χ3n) is 5.81. The summed E-state index contributed by atoms with van der Waals surface area (Å²) in [6, 6.07) is 2.35. The first kappa shape index (κ1) is 18.3. The van der Waals surface area contributed by atoms with E-state index in [1.165, 1.54) is 30.6 Å². The topological polar surface area (TPSA) is 72.0 Å². The summed E-state index contributed by atoms with van der Waals surface area (Å²) < 4.78 is 22.7. The largest absolute Gasteiger partial charge is 0.306 e. The molecule has 2 aromatic heterocycles. The number of rotatable bonds is 4. The van der Waals surface area contributed by atoms with Crippen LogP contribution in [-0.2, 0) is 16.4 Å². The van der Waals surface area contributed by atoms with E-state index in [0.717, 1.165) is 21.7 Å². The Morgan fingerprint density at radius 1 is 1.23 bits per heavy atom. The molecular weight excluding hydrogens is 366 g/mol. The Morgan fingerprint density at radius 3 is 2.58 bits per heavy atom. The first-order valence-electron chi connectivity index (χ1n) is 9.42. The molecular formula is C19H27N3O2S2. The summed E-state index contributed by atoms with van der Waals surface area (Å²) in [6.45, 7) is 7.27. The van der Waals surface area contributed by atoms with E-state index in [-0.39, 0.29) is 17.5 Å². The molecule has 5 nitrogen and oxygen atoms in total. The Balaban J connectivity index is 1.53. The third kappa shape index (κ3) is 3.80. The first-order valence-corrected chi connectivity index (χ1v) is 12.1. The number of nitrogens with zero attached hydrogens (tertiary/aromatic N) is 2. The van der Waals surface area contributed by atoms with E-state index >= 15 is 0 Å². The van der Waals surface area contributed by atoms with Crippen LogP contribution in [0.25, 0.3) is 10.2 Å². The fourth-order valence-electron chi connectivity index (χ4n) is 4.06. The standard InChI is InChI=1S/C19H27N3O2S2/c1-12-21-16(9-20-14-10-26(23,24)11-14)15-8-17(25-18(15)22-12)13-4-6-19(2,3)7-5-13/h8,13-14,20H,4-7,9-11H2,1-3H3. The van der Waals surface area contributed by atoms with Gasteiger partial charge in [0, 0.05) is 22.8 Å². The van der Waals surface area contributed by atoms with Crippen molar-refractivity contribution in [3.05, 3.63) is 22.5 Å². The Hall–Kier alpha value is -1.05. The highest BCUT2D eigenvalue weighted by Gasteiger charge is 2.33. The Bertz CT molecular complexity index is 912. The molecule has 2 aliphatic rings. The first-order chi connectivity index (χ1) is 12.2. The average molecular weight is 394 g/mol. The summed E-state index contributed by atoms with van der Waals surface area (Å²) in [5.41, 5.74) is 1.47. The Labute approximate surface area is 159 Å². The molecule has 2 fully saturated rings. The molecule has 142 valence electrons. The molecule has 0 amide bonds. The maximum absolute atomic E-state index is 11.3. The van der Waals surface area contributed by atoms with E-state index in [0.29, 0.717) is 17.9 Å². The molecule has 0 unspecified atom stereocenters. The van der Waals surface area contributed by atoms with Crippen LogP contribution < -0.4 is 5.32 Å². The van der Waals surface area contributed by atoms with Crippen molar-refractivity contribution in [3.63, 3.8) is 0 Å². The van der Waals surface area contributed by atoms with Gasteiger partial charge in [-0.1, -0.05) is 13.8 Å². The molecule has 0 bridgehead atoms. The number of aromatic nitrogens is 2. The molecule has 1 aliphatic heterocycles. The molecule has 0 atom stereocenters. The van der Waals surface area contributed by atoms with Gasteiger partial charge in [-0.2, -0.15) is 0 Å². The zero-order valence-corrected chi connectivity index (χ0v) is 17.3. The molecule has 1 saturated heterocycles. The molecule has 0 radical (unpaired) electrons. The van der Waals surface area contributed by atoms with Crippen LogP contribution in [-0.4, -0.2) is 35.9 Å². The van der Waals surface area contributed by atoms with Crippen molar-refractivity contribution in [1.29, 1.82) is 0 Å². The zero-order valence-electron chi connectivity index (χ0n) is 15.7. The molecule has 1 aliphatic carbocycles. The summed E-state index contributed by atoms with van der Waals surface area (Å²) in [6.07, 6.45) is 5.06. The highest BCUT2D eigenvalue weighted by atomic mass is 32.2. The van der Waals surface area contributed by atoms with Crippen LogP contribution in [0, 0.1) is 12.3 Å². The maximum atomic E-state index is 11.3. The Morgan fingerprint density at radius 2 is 1.92 bits per heavy atom. The van der Waals surface area contributed by atoms with Crippen LogP contribution in [0.4, 0.5) is 0 Å². The van der Waals surface area contributed by atoms with E-state index in [1.807, 2.05) is 18.3 Å². The minimum atomic E-state index is -2.80. The van der Waals surface area contributed by atoms with Crippen molar-refractivity contribution in [2.75, 3.05) is 11.5 Å². The van der Waals surface area contributed by atoms with Crippen molar-refractivity contribution < 1.29 is 8.42 Å². The van der Waals surface area contributed by atoms with Gasteiger partial charge in [-0.3, -0.25) is 0 Å². The van der Waals surface area contributed by atoms with Crippen LogP contribution in [0.15, 0.2) is 6.07 Å². The van der Waals surface area contributed by atoms with Crippen LogP contribution in [0.1, 0.15) is 61.8 Å². The van der Waals surface area contributed by atoms with Gasteiger partial charge in [0.1, 0.15) is 10.7 Å². The molecule has 2 aromatic rings. The third-order valence-corrected chi connectivity index (χ3v) is 8.82. The second-order valence-electron chi connectivity index (χ2n) is 8.68. The fourth-order valence-corrected chi connectivity index (χ4v) is 6.69. The predicted molar refractivity (Wildman–Crippen MR) is 106 cm³/mol. The molecule has 26 heavy (non-hydrogen) atoms. The van der Waals surface area contributed by atoms with E-state index in [2.05, 4.69) is 35.2 Å². The predicted octanol–water partition coefficient (Wildman–Crippen LogP) is 3.57. The fraction of sp³-hybridized carbons (Fsp3) is 0.684. The lowest BCUT2D eigenvalue weighted by Gasteiger charge is -2.33. The summed E-state index contributed by atoms with van der Waals surface area (Å²) >= 11 is 1.81. The molecule has 1 saturated carbocycles. The smallest absolute Gasteiger partial charge is 0.153 e. The normalized spacial score (nSPS) is 23.2. The van der Waals surface area contributed by atoms with E-state index < -0.39 is 9.84 Å². The number of fused-ring (bicyclic) bond motifs is 1. The SMILES string of the molecule is Cc1nc(CNC2CS(=O)(=O)C2)c2cc(C3CCC(C)(C)CC3)sc2n1. The monoisotopic (exact) mass is 393 g/mol. The van der Waals surface area contributed by atoms with Gasteiger partial charge in [0.2, 0.25) is 0 Å². The highest BCUT2D eigenvalue weighted by molar-refractivity contribution is 7.92. The molecule has 0 spiro atoms. The Kier molecular flexibility index (Phi) is 4.60. The summed E-state index contributed by atoms with van der Waals surface area (Å²) in [5.74, 6) is 1.91. The van der Waals surface area contributed by atoms with Gasteiger partial charge in [-0.05, 0) is 50.0 Å². The second kappa shape index (κ2) is 6.53. The van der Waals surface area contributed by atoms with Gasteiger partial charge in [-0.25, -0.2) is 18.4 Å². The quantitative estimate of drug-likeness (QED) is 0.860. The lowest BCUT2D eigenvalue weighted by Crippen LogP contribution is -2.50. The van der Waals surface area contributed by atoms with Crippen LogP contribution in [0.3, 0.4) is 0 Å². The van der Waals surface area contributed by atoms with Crippen LogP contribution in [0.5, 0.6) is 0 Å². The molecule has 4 rings (SSSR count). The minimum absolute atomic E-state index is 0.0593. The van der Waals surface area contributed by atoms with Gasteiger partial charge in [-0.15, -0.1) is 11.3 Å². The van der Waals surface area contributed by atoms with Crippen molar-refractivity contribution in [1.82, 2.24) is 15.3 Å². The van der Waals surface area contributed by atoms with Crippen molar-refractivity contribution in [2.45, 2.75) is 65.0 Å². The number of thiophene rings is 1. The minimum Gasteiger partial charge on any atom is -0.306 e. The van der Waals surface area contributed by atoms with Gasteiger partial charge >= 0.3 is 0 Å². The number of sulfone groups is 1. The number of hydrogen-bond donors (Lipinski definition) is 1. The van der Waals surface area contributed by atoms with E-state index in [9.17, 15) is 8.42 Å². The maximum Gasteiger partial charge on any atom is 0.153 e.